The molecular formula is C23H27NO6S. The molecule has 1 saturated heterocycles. The number of hydrogen-bond acceptors (Lipinski definition) is 5. The number of carbonyl (C=O) groups is 2. The Hall–Kier alpha value is -2.87. The van der Waals surface area contributed by atoms with Crippen LogP contribution < -0.4 is 0 Å². The van der Waals surface area contributed by atoms with Crippen LogP contribution in [-0.2, 0) is 19.4 Å². The van der Waals surface area contributed by atoms with Crippen molar-refractivity contribution < 1.29 is 27.9 Å². The van der Waals surface area contributed by atoms with Crippen molar-refractivity contribution in [3.05, 3.63) is 65.7 Å². The molecule has 1 N–H and O–H groups in total. The van der Waals surface area contributed by atoms with E-state index < -0.39 is 44.8 Å². The highest BCUT2D eigenvalue weighted by Crippen LogP contribution is 2.43. The van der Waals surface area contributed by atoms with Crippen LogP contribution in [0.25, 0.3) is 0 Å². The van der Waals surface area contributed by atoms with Crippen molar-refractivity contribution in [2.75, 3.05) is 0 Å². The number of benzene rings is 2. The SMILES string of the molecule is Cc1cccc(C2C(S(=O)(=O)c3ccccc3)C[C@@H](C(=O)O)N2C(=O)OC(C)(C)C)c1. The highest BCUT2D eigenvalue weighted by Gasteiger charge is 2.54. The van der Waals surface area contributed by atoms with Crippen LogP contribution in [0.2, 0.25) is 0 Å². The van der Waals surface area contributed by atoms with E-state index in [1.54, 1.807) is 57.2 Å². The molecule has 31 heavy (non-hydrogen) atoms. The molecule has 3 rings (SSSR count). The largest absolute Gasteiger partial charge is 0.480 e. The van der Waals surface area contributed by atoms with Gasteiger partial charge in [0, 0.05) is 0 Å². The molecule has 2 unspecified atom stereocenters. The Morgan fingerprint density at radius 1 is 1.06 bits per heavy atom. The van der Waals surface area contributed by atoms with Gasteiger partial charge >= 0.3 is 12.1 Å². The third kappa shape index (κ3) is 4.74. The number of sulfone groups is 1. The van der Waals surface area contributed by atoms with Crippen LogP contribution in [0.3, 0.4) is 0 Å². The summed E-state index contributed by atoms with van der Waals surface area (Å²) in [7, 11) is -3.94. The average Bonchev–Trinajstić information content (AvgIpc) is 3.09. The minimum absolute atomic E-state index is 0.0906. The highest BCUT2D eigenvalue weighted by atomic mass is 32.2. The van der Waals surface area contributed by atoms with Gasteiger partial charge in [-0.15, -0.1) is 0 Å². The Balaban J connectivity index is 2.18. The zero-order valence-electron chi connectivity index (χ0n) is 18.0. The molecule has 3 atom stereocenters. The lowest BCUT2D eigenvalue weighted by molar-refractivity contribution is -0.142. The van der Waals surface area contributed by atoms with Crippen molar-refractivity contribution in [2.45, 2.75) is 61.9 Å². The number of ether oxygens (including phenoxy) is 1. The fourth-order valence-corrected chi connectivity index (χ4v) is 5.87. The number of hydrogen-bond donors (Lipinski definition) is 1. The highest BCUT2D eigenvalue weighted by molar-refractivity contribution is 7.92. The molecule has 2 aromatic carbocycles. The normalized spacial score (nSPS) is 21.7. The van der Waals surface area contributed by atoms with E-state index in [1.165, 1.54) is 12.1 Å². The topological polar surface area (TPSA) is 101 Å². The third-order valence-electron chi connectivity index (χ3n) is 5.19. The van der Waals surface area contributed by atoms with Crippen LogP contribution >= 0.6 is 0 Å². The quantitative estimate of drug-likeness (QED) is 0.764. The van der Waals surface area contributed by atoms with E-state index in [0.717, 1.165) is 10.5 Å². The summed E-state index contributed by atoms with van der Waals surface area (Å²) in [6, 6.07) is 12.7. The fourth-order valence-electron chi connectivity index (χ4n) is 3.92. The molecule has 0 aliphatic carbocycles. The van der Waals surface area contributed by atoms with E-state index in [0.29, 0.717) is 5.56 Å². The number of carbonyl (C=O) groups excluding carboxylic acids is 1. The molecule has 1 fully saturated rings. The Bertz CT molecular complexity index is 1070. The van der Waals surface area contributed by atoms with E-state index >= 15 is 0 Å². The van der Waals surface area contributed by atoms with Crippen molar-refractivity contribution in [1.29, 1.82) is 0 Å². The van der Waals surface area contributed by atoms with Gasteiger partial charge in [0.25, 0.3) is 0 Å². The Kier molecular flexibility index (Phi) is 6.14. The third-order valence-corrected chi connectivity index (χ3v) is 7.36. The van der Waals surface area contributed by atoms with E-state index in [-0.39, 0.29) is 11.3 Å². The van der Waals surface area contributed by atoms with Gasteiger partial charge in [-0.3, -0.25) is 4.90 Å². The maximum absolute atomic E-state index is 13.6. The predicted molar refractivity (Wildman–Crippen MR) is 115 cm³/mol. The maximum atomic E-state index is 13.6. The Morgan fingerprint density at radius 3 is 2.26 bits per heavy atom. The smallest absolute Gasteiger partial charge is 0.411 e. The average molecular weight is 446 g/mol. The van der Waals surface area contributed by atoms with Crippen molar-refractivity contribution >= 4 is 21.9 Å². The number of carboxylic acid groups (broad SMARTS) is 1. The molecule has 1 amide bonds. The van der Waals surface area contributed by atoms with E-state index in [9.17, 15) is 23.1 Å². The van der Waals surface area contributed by atoms with Gasteiger partial charge < -0.3 is 9.84 Å². The molecule has 1 aliphatic heterocycles. The monoisotopic (exact) mass is 445 g/mol. The molecule has 0 aromatic heterocycles. The zero-order valence-corrected chi connectivity index (χ0v) is 18.8. The lowest BCUT2D eigenvalue weighted by Gasteiger charge is -2.32. The van der Waals surface area contributed by atoms with Gasteiger partial charge in [-0.05, 0) is 51.8 Å². The molecule has 8 heteroatoms. The number of likely N-dealkylation sites (tertiary alicyclic amines) is 1. The van der Waals surface area contributed by atoms with Crippen LogP contribution in [0.5, 0.6) is 0 Å². The lowest BCUT2D eigenvalue weighted by atomic mass is 10.0. The second-order valence-corrected chi connectivity index (χ2v) is 10.9. The van der Waals surface area contributed by atoms with E-state index in [1.807, 2.05) is 13.0 Å². The number of aliphatic carboxylic acids is 1. The zero-order chi connectivity index (χ0) is 23.0. The Morgan fingerprint density at radius 2 is 1.71 bits per heavy atom. The Labute approximate surface area is 182 Å². The number of aryl methyl sites for hydroxylation is 1. The first-order valence-electron chi connectivity index (χ1n) is 10.0. The minimum Gasteiger partial charge on any atom is -0.480 e. The maximum Gasteiger partial charge on any atom is 0.411 e. The molecule has 1 aliphatic rings. The van der Waals surface area contributed by atoms with Gasteiger partial charge in [-0.2, -0.15) is 0 Å². The summed E-state index contributed by atoms with van der Waals surface area (Å²) in [5, 5.41) is 8.73. The summed E-state index contributed by atoms with van der Waals surface area (Å²) in [6.07, 6.45) is -1.08. The summed E-state index contributed by atoms with van der Waals surface area (Å²) in [6.45, 7) is 6.88. The van der Waals surface area contributed by atoms with Gasteiger partial charge in [0.2, 0.25) is 0 Å². The van der Waals surface area contributed by atoms with Gasteiger partial charge in [-0.25, -0.2) is 18.0 Å². The van der Waals surface area contributed by atoms with Gasteiger partial charge in [0.05, 0.1) is 16.2 Å². The molecule has 1 heterocycles. The summed E-state index contributed by atoms with van der Waals surface area (Å²) < 4.78 is 32.6. The molecule has 2 aromatic rings. The number of carboxylic acids is 1. The molecular weight excluding hydrogens is 418 g/mol. The molecule has 0 bridgehead atoms. The minimum atomic E-state index is -3.94. The van der Waals surface area contributed by atoms with Crippen LogP contribution in [0.15, 0.2) is 59.5 Å². The first-order valence-corrected chi connectivity index (χ1v) is 11.6. The molecule has 7 nitrogen and oxygen atoms in total. The predicted octanol–water partition coefficient (Wildman–Crippen LogP) is 3.97. The first-order chi connectivity index (χ1) is 14.4. The van der Waals surface area contributed by atoms with E-state index in [4.69, 9.17) is 4.74 Å². The van der Waals surface area contributed by atoms with Crippen molar-refractivity contribution in [2.24, 2.45) is 0 Å². The lowest BCUT2D eigenvalue weighted by Crippen LogP contribution is -2.45. The van der Waals surface area contributed by atoms with Crippen LogP contribution in [0.1, 0.15) is 44.4 Å². The van der Waals surface area contributed by atoms with Crippen LogP contribution in [0.4, 0.5) is 4.79 Å². The second kappa shape index (κ2) is 8.34. The summed E-state index contributed by atoms with van der Waals surface area (Å²) in [5.74, 6) is -1.27. The van der Waals surface area contributed by atoms with Crippen LogP contribution in [-0.4, -0.2) is 47.4 Å². The summed E-state index contributed by atoms with van der Waals surface area (Å²) in [5.41, 5.74) is 0.559. The van der Waals surface area contributed by atoms with Crippen molar-refractivity contribution in [3.63, 3.8) is 0 Å². The van der Waals surface area contributed by atoms with Gasteiger partial charge in [0.1, 0.15) is 11.6 Å². The second-order valence-electron chi connectivity index (χ2n) is 8.73. The number of amides is 1. The summed E-state index contributed by atoms with van der Waals surface area (Å²) in [4.78, 5) is 26.4. The van der Waals surface area contributed by atoms with Crippen molar-refractivity contribution in [1.82, 2.24) is 4.90 Å². The molecule has 0 radical (unpaired) electrons. The van der Waals surface area contributed by atoms with Gasteiger partial charge in [-0.1, -0.05) is 48.0 Å². The molecule has 0 spiro atoms. The van der Waals surface area contributed by atoms with Gasteiger partial charge in [0.15, 0.2) is 9.84 Å². The van der Waals surface area contributed by atoms with E-state index in [2.05, 4.69) is 0 Å². The number of nitrogens with zero attached hydrogens (tertiary/aromatic N) is 1. The standard InChI is InChI=1S/C23H27NO6S/c1-15-9-8-10-16(13-15)20-19(31(28,29)17-11-6-5-7-12-17)14-18(21(25)26)24(20)22(27)30-23(2,3)4/h5-13,18-20H,14H2,1-4H3,(H,25,26)/t18-,19?,20?/m0/s1. The summed E-state index contributed by atoms with van der Waals surface area (Å²) >= 11 is 0. The number of rotatable bonds is 4. The fraction of sp³-hybridized carbons (Fsp3) is 0.391. The van der Waals surface area contributed by atoms with Crippen molar-refractivity contribution in [3.8, 4) is 0 Å². The first kappa shape index (κ1) is 22.8. The molecule has 0 saturated carbocycles. The van der Waals surface area contributed by atoms with Crippen LogP contribution in [0, 0.1) is 6.92 Å². The molecule has 166 valence electrons.